The maximum absolute atomic E-state index is 12.4. The zero-order valence-corrected chi connectivity index (χ0v) is 15.1. The number of nitrogens with one attached hydrogen (secondary N) is 2. The normalized spacial score (nSPS) is 16.7. The summed E-state index contributed by atoms with van der Waals surface area (Å²) < 4.78 is 5.85. The van der Waals surface area contributed by atoms with Gasteiger partial charge < -0.3 is 14.7 Å². The first-order valence-corrected chi connectivity index (χ1v) is 9.39. The first kappa shape index (κ1) is 16.9. The van der Waals surface area contributed by atoms with E-state index in [0.717, 1.165) is 35.3 Å². The minimum atomic E-state index is -0.170. The Labute approximate surface area is 153 Å². The largest absolute Gasteiger partial charge is 0.454 e. The number of carbonyl (C=O) groups is 1. The van der Waals surface area contributed by atoms with Crippen LogP contribution in [0.2, 0.25) is 0 Å². The molecule has 0 saturated carbocycles. The minimum absolute atomic E-state index is 0.170. The van der Waals surface area contributed by atoms with E-state index in [9.17, 15) is 4.79 Å². The number of amides is 1. The molecule has 1 aromatic carbocycles. The molecule has 1 unspecified atom stereocenters. The topological polar surface area (TPSA) is 61.3 Å². The number of H-pyrrole nitrogens is 1. The lowest BCUT2D eigenvalue weighted by molar-refractivity contribution is 0.0914. The standard InChI is InChI=1S/C21H25N3O2/c1-15(24-11-3-2-4-12-24)19-7-8-20(26-19)21(25)23-14-16-5-6-18-17(13-16)9-10-22-18/h5-10,13,15,22H,2-4,11-12,14H2,1H3,(H,23,25). The molecule has 1 saturated heterocycles. The molecule has 1 amide bonds. The van der Waals surface area contributed by atoms with Crippen molar-refractivity contribution in [2.75, 3.05) is 13.1 Å². The second-order valence-corrected chi connectivity index (χ2v) is 7.06. The molecule has 1 fully saturated rings. The van der Waals surface area contributed by atoms with Gasteiger partial charge in [-0.05, 0) is 74.1 Å². The number of carbonyl (C=O) groups excluding carboxylic acids is 1. The number of furan rings is 1. The summed E-state index contributed by atoms with van der Waals surface area (Å²) in [4.78, 5) is 18.0. The number of benzene rings is 1. The maximum Gasteiger partial charge on any atom is 0.287 e. The van der Waals surface area contributed by atoms with Crippen molar-refractivity contribution in [3.63, 3.8) is 0 Å². The zero-order chi connectivity index (χ0) is 17.9. The van der Waals surface area contributed by atoms with Crippen LogP contribution in [0.5, 0.6) is 0 Å². The van der Waals surface area contributed by atoms with Crippen molar-refractivity contribution >= 4 is 16.8 Å². The van der Waals surface area contributed by atoms with Crippen molar-refractivity contribution in [1.29, 1.82) is 0 Å². The number of aromatic nitrogens is 1. The Morgan fingerprint density at radius 3 is 2.88 bits per heavy atom. The summed E-state index contributed by atoms with van der Waals surface area (Å²) in [7, 11) is 0. The van der Waals surface area contributed by atoms with E-state index in [2.05, 4.69) is 28.2 Å². The second kappa shape index (κ2) is 7.38. The van der Waals surface area contributed by atoms with Gasteiger partial charge in [-0.2, -0.15) is 0 Å². The van der Waals surface area contributed by atoms with Gasteiger partial charge in [0.15, 0.2) is 5.76 Å². The molecule has 0 radical (unpaired) electrons. The number of piperidine rings is 1. The Hall–Kier alpha value is -2.53. The average molecular weight is 351 g/mol. The molecule has 136 valence electrons. The van der Waals surface area contributed by atoms with Crippen LogP contribution in [0.15, 0.2) is 47.0 Å². The predicted octanol–water partition coefficient (Wildman–Crippen LogP) is 4.24. The molecule has 2 aromatic heterocycles. The first-order valence-electron chi connectivity index (χ1n) is 9.39. The molecule has 2 N–H and O–H groups in total. The van der Waals surface area contributed by atoms with Crippen LogP contribution in [-0.2, 0) is 6.54 Å². The summed E-state index contributed by atoms with van der Waals surface area (Å²) in [5, 5.41) is 4.09. The number of aromatic amines is 1. The Kier molecular flexibility index (Phi) is 4.80. The van der Waals surface area contributed by atoms with Gasteiger partial charge >= 0.3 is 0 Å². The van der Waals surface area contributed by atoms with Gasteiger partial charge in [-0.3, -0.25) is 9.69 Å². The fourth-order valence-electron chi connectivity index (χ4n) is 3.67. The van der Waals surface area contributed by atoms with Crippen LogP contribution in [0, 0.1) is 0 Å². The number of rotatable bonds is 5. The highest BCUT2D eigenvalue weighted by Crippen LogP contribution is 2.25. The highest BCUT2D eigenvalue weighted by atomic mass is 16.4. The van der Waals surface area contributed by atoms with Crippen LogP contribution < -0.4 is 5.32 Å². The van der Waals surface area contributed by atoms with E-state index in [4.69, 9.17) is 4.42 Å². The lowest BCUT2D eigenvalue weighted by Crippen LogP contribution is -2.32. The molecule has 3 aromatic rings. The molecular formula is C21H25N3O2. The number of likely N-dealkylation sites (tertiary alicyclic amines) is 1. The van der Waals surface area contributed by atoms with Crippen LogP contribution in [0.4, 0.5) is 0 Å². The van der Waals surface area contributed by atoms with Crippen molar-refractivity contribution < 1.29 is 9.21 Å². The number of hydrogen-bond acceptors (Lipinski definition) is 3. The summed E-state index contributed by atoms with van der Waals surface area (Å²) in [6, 6.07) is 12.1. The van der Waals surface area contributed by atoms with E-state index in [0.29, 0.717) is 12.3 Å². The third-order valence-corrected chi connectivity index (χ3v) is 5.27. The summed E-state index contributed by atoms with van der Waals surface area (Å²) in [5.74, 6) is 1.08. The zero-order valence-electron chi connectivity index (χ0n) is 15.1. The maximum atomic E-state index is 12.4. The molecule has 0 spiro atoms. The Bertz CT molecular complexity index is 889. The summed E-state index contributed by atoms with van der Waals surface area (Å²) in [5.41, 5.74) is 2.17. The van der Waals surface area contributed by atoms with E-state index >= 15 is 0 Å². The SMILES string of the molecule is CC(c1ccc(C(=O)NCc2ccc3[nH]ccc3c2)o1)N1CCCCC1. The lowest BCUT2D eigenvalue weighted by atomic mass is 10.1. The summed E-state index contributed by atoms with van der Waals surface area (Å²) in [6.07, 6.45) is 5.71. The predicted molar refractivity (Wildman–Crippen MR) is 102 cm³/mol. The minimum Gasteiger partial charge on any atom is -0.454 e. The Morgan fingerprint density at radius 2 is 2.04 bits per heavy atom. The van der Waals surface area contributed by atoms with Crippen molar-refractivity contribution in [1.82, 2.24) is 15.2 Å². The van der Waals surface area contributed by atoms with Crippen molar-refractivity contribution in [2.45, 2.75) is 38.8 Å². The summed E-state index contributed by atoms with van der Waals surface area (Å²) in [6.45, 7) is 4.84. The molecule has 0 aliphatic carbocycles. The highest BCUT2D eigenvalue weighted by Gasteiger charge is 2.22. The lowest BCUT2D eigenvalue weighted by Gasteiger charge is -2.31. The van der Waals surface area contributed by atoms with Crippen LogP contribution >= 0.6 is 0 Å². The molecule has 5 nitrogen and oxygen atoms in total. The van der Waals surface area contributed by atoms with Crippen LogP contribution in [0.1, 0.15) is 54.1 Å². The fraction of sp³-hybridized carbons (Fsp3) is 0.381. The van der Waals surface area contributed by atoms with Gasteiger partial charge in [-0.25, -0.2) is 0 Å². The number of hydrogen-bond donors (Lipinski definition) is 2. The van der Waals surface area contributed by atoms with Crippen molar-refractivity contribution in [3.05, 3.63) is 59.7 Å². The molecule has 1 aliphatic heterocycles. The van der Waals surface area contributed by atoms with Crippen molar-refractivity contribution in [2.24, 2.45) is 0 Å². The Morgan fingerprint density at radius 1 is 1.19 bits per heavy atom. The van der Waals surface area contributed by atoms with Gasteiger partial charge in [-0.15, -0.1) is 0 Å². The van der Waals surface area contributed by atoms with Crippen molar-refractivity contribution in [3.8, 4) is 0 Å². The monoisotopic (exact) mass is 351 g/mol. The fourth-order valence-corrected chi connectivity index (χ4v) is 3.67. The van der Waals surface area contributed by atoms with Crippen LogP contribution in [-0.4, -0.2) is 28.9 Å². The van der Waals surface area contributed by atoms with E-state index < -0.39 is 0 Å². The quantitative estimate of drug-likeness (QED) is 0.723. The van der Waals surface area contributed by atoms with E-state index in [1.165, 1.54) is 19.3 Å². The molecule has 3 heterocycles. The molecule has 5 heteroatoms. The van der Waals surface area contributed by atoms with Gasteiger partial charge in [-0.1, -0.05) is 12.5 Å². The Balaban J connectivity index is 1.38. The van der Waals surface area contributed by atoms with Gasteiger partial charge in [0, 0.05) is 18.3 Å². The second-order valence-electron chi connectivity index (χ2n) is 7.06. The van der Waals surface area contributed by atoms with Gasteiger partial charge in [0.05, 0.1) is 6.04 Å². The highest BCUT2D eigenvalue weighted by molar-refractivity contribution is 5.91. The molecular weight excluding hydrogens is 326 g/mol. The van der Waals surface area contributed by atoms with Gasteiger partial charge in [0.25, 0.3) is 5.91 Å². The van der Waals surface area contributed by atoms with Gasteiger partial charge in [0.1, 0.15) is 5.76 Å². The van der Waals surface area contributed by atoms with E-state index in [1.54, 1.807) is 6.07 Å². The molecule has 1 atom stereocenters. The van der Waals surface area contributed by atoms with E-state index in [-0.39, 0.29) is 11.9 Å². The van der Waals surface area contributed by atoms with Gasteiger partial charge in [0.2, 0.25) is 0 Å². The number of nitrogens with zero attached hydrogens (tertiary/aromatic N) is 1. The smallest absolute Gasteiger partial charge is 0.287 e. The molecule has 26 heavy (non-hydrogen) atoms. The molecule has 1 aliphatic rings. The first-order chi connectivity index (χ1) is 12.7. The molecule has 0 bridgehead atoms. The number of fused-ring (bicyclic) bond motifs is 1. The van der Waals surface area contributed by atoms with Crippen LogP contribution in [0.25, 0.3) is 10.9 Å². The average Bonchev–Trinajstić information content (AvgIpc) is 3.35. The third-order valence-electron chi connectivity index (χ3n) is 5.27. The van der Waals surface area contributed by atoms with E-state index in [1.807, 2.05) is 30.5 Å². The molecule has 4 rings (SSSR count). The van der Waals surface area contributed by atoms with Crippen LogP contribution in [0.3, 0.4) is 0 Å². The third kappa shape index (κ3) is 3.53. The summed E-state index contributed by atoms with van der Waals surface area (Å²) >= 11 is 0.